The number of nitrogen functional groups attached to an aromatic ring is 1. The van der Waals surface area contributed by atoms with E-state index < -0.39 is 0 Å². The number of fused-ring (bicyclic) bond motifs is 3. The molecule has 3 aromatic heterocycles. The van der Waals surface area contributed by atoms with Crippen LogP contribution >= 0.6 is 22.7 Å². The normalized spacial score (nSPS) is 11.7. The van der Waals surface area contributed by atoms with Gasteiger partial charge in [0, 0.05) is 6.07 Å². The molecule has 0 saturated carbocycles. The van der Waals surface area contributed by atoms with E-state index in [1.807, 2.05) is 17.5 Å². The van der Waals surface area contributed by atoms with Crippen molar-refractivity contribution in [1.29, 1.82) is 0 Å². The molecule has 3 rings (SSSR count). The first-order chi connectivity index (χ1) is 5.84. The highest BCUT2D eigenvalue weighted by molar-refractivity contribution is 7.28. The van der Waals surface area contributed by atoms with Gasteiger partial charge in [0.25, 0.3) is 0 Å². The van der Waals surface area contributed by atoms with Crippen LogP contribution < -0.4 is 5.73 Å². The van der Waals surface area contributed by atoms with Gasteiger partial charge in [-0.2, -0.15) is 0 Å². The summed E-state index contributed by atoms with van der Waals surface area (Å²) in [6.45, 7) is 0. The number of anilines is 1. The Kier molecular flexibility index (Phi) is 1.10. The predicted molar refractivity (Wildman–Crippen MR) is 53.9 cm³/mol. The molecule has 2 nitrogen and oxygen atoms in total. The second-order valence-corrected chi connectivity index (χ2v) is 4.56. The predicted octanol–water partition coefficient (Wildman–Crippen LogP) is 3.29. The second kappa shape index (κ2) is 2.02. The van der Waals surface area contributed by atoms with Crippen molar-refractivity contribution in [2.24, 2.45) is 0 Å². The topological polar surface area (TPSA) is 39.2 Å². The van der Waals surface area contributed by atoms with Crippen molar-refractivity contribution in [3.8, 4) is 0 Å². The van der Waals surface area contributed by atoms with E-state index in [9.17, 15) is 0 Å². The number of rotatable bonds is 0. The van der Waals surface area contributed by atoms with Gasteiger partial charge in [-0.05, 0) is 11.4 Å². The number of nitrogens with two attached hydrogens (primary N) is 1. The van der Waals surface area contributed by atoms with Crippen molar-refractivity contribution in [1.82, 2.24) is 0 Å². The molecule has 0 aliphatic carbocycles. The van der Waals surface area contributed by atoms with E-state index in [1.54, 1.807) is 22.7 Å². The Morgan fingerprint density at radius 2 is 2.17 bits per heavy atom. The average molecular weight is 195 g/mol. The fourth-order valence-electron chi connectivity index (χ4n) is 1.29. The quantitative estimate of drug-likeness (QED) is 0.597. The van der Waals surface area contributed by atoms with Gasteiger partial charge in [0.05, 0.1) is 14.4 Å². The number of furan rings is 1. The third-order valence-electron chi connectivity index (χ3n) is 1.77. The van der Waals surface area contributed by atoms with E-state index in [0.29, 0.717) is 0 Å². The van der Waals surface area contributed by atoms with Crippen LogP contribution in [0.4, 0.5) is 5.00 Å². The molecular weight excluding hydrogens is 190 g/mol. The molecule has 60 valence electrons. The Hall–Kier alpha value is -1.00. The first-order valence-electron chi connectivity index (χ1n) is 3.49. The highest BCUT2D eigenvalue weighted by Gasteiger charge is 2.10. The molecule has 3 aromatic rings. The molecule has 0 fully saturated rings. The second-order valence-electron chi connectivity index (χ2n) is 2.56. The lowest BCUT2D eigenvalue weighted by Gasteiger charge is -1.75. The number of hydrogen-bond acceptors (Lipinski definition) is 4. The van der Waals surface area contributed by atoms with Crippen molar-refractivity contribution in [2.75, 3.05) is 5.73 Å². The molecule has 0 amide bonds. The number of thiophene rings is 2. The monoisotopic (exact) mass is 195 g/mol. The van der Waals surface area contributed by atoms with Crippen molar-refractivity contribution in [3.05, 3.63) is 17.5 Å². The first-order valence-corrected chi connectivity index (χ1v) is 5.19. The maximum Gasteiger partial charge on any atom is 0.149 e. The van der Waals surface area contributed by atoms with Gasteiger partial charge in [-0.15, -0.1) is 22.7 Å². The van der Waals surface area contributed by atoms with Crippen LogP contribution in [0.1, 0.15) is 0 Å². The summed E-state index contributed by atoms with van der Waals surface area (Å²) in [6, 6.07) is 3.87. The fraction of sp³-hybridized carbons (Fsp3) is 0. The summed E-state index contributed by atoms with van der Waals surface area (Å²) in [6.07, 6.45) is 0. The molecule has 12 heavy (non-hydrogen) atoms. The largest absolute Gasteiger partial charge is 0.454 e. The smallest absolute Gasteiger partial charge is 0.149 e. The molecule has 0 unspecified atom stereocenters. The minimum absolute atomic E-state index is 0.819. The van der Waals surface area contributed by atoms with Gasteiger partial charge in [-0.1, -0.05) is 0 Å². The molecule has 4 heteroatoms. The zero-order valence-electron chi connectivity index (χ0n) is 6.03. The minimum Gasteiger partial charge on any atom is -0.454 e. The fourth-order valence-corrected chi connectivity index (χ4v) is 3.11. The van der Waals surface area contributed by atoms with Gasteiger partial charge in [0.1, 0.15) is 11.2 Å². The molecule has 0 spiro atoms. The molecule has 2 N–H and O–H groups in total. The Morgan fingerprint density at radius 1 is 1.25 bits per heavy atom. The lowest BCUT2D eigenvalue weighted by Crippen LogP contribution is -1.72. The Labute approximate surface area is 76.2 Å². The van der Waals surface area contributed by atoms with E-state index in [0.717, 1.165) is 16.2 Å². The minimum atomic E-state index is 0.819. The van der Waals surface area contributed by atoms with Crippen LogP contribution in [-0.2, 0) is 0 Å². The van der Waals surface area contributed by atoms with Crippen LogP contribution in [0, 0.1) is 0 Å². The van der Waals surface area contributed by atoms with Crippen molar-refractivity contribution in [2.45, 2.75) is 0 Å². The maximum absolute atomic E-state index is 5.66. The average Bonchev–Trinajstić information content (AvgIpc) is 2.59. The highest BCUT2D eigenvalue weighted by Crippen LogP contribution is 2.38. The molecule has 0 aromatic carbocycles. The summed E-state index contributed by atoms with van der Waals surface area (Å²) < 4.78 is 7.95. The van der Waals surface area contributed by atoms with E-state index >= 15 is 0 Å². The number of hydrogen-bond donors (Lipinski definition) is 1. The maximum atomic E-state index is 5.66. The Morgan fingerprint density at radius 3 is 3.08 bits per heavy atom. The van der Waals surface area contributed by atoms with Gasteiger partial charge in [-0.25, -0.2) is 0 Å². The van der Waals surface area contributed by atoms with Crippen LogP contribution in [0.15, 0.2) is 21.9 Å². The SMILES string of the molecule is Nc1cc2oc3ccsc3c2s1. The Bertz CT molecular complexity index is 545. The van der Waals surface area contributed by atoms with Crippen LogP contribution in [0.2, 0.25) is 0 Å². The Balaban J connectivity index is 2.64. The van der Waals surface area contributed by atoms with Crippen molar-refractivity contribution < 1.29 is 4.42 Å². The lowest BCUT2D eigenvalue weighted by atomic mass is 10.5. The summed E-state index contributed by atoms with van der Waals surface area (Å²) in [4.78, 5) is 0. The van der Waals surface area contributed by atoms with Crippen LogP contribution in [0.5, 0.6) is 0 Å². The van der Waals surface area contributed by atoms with Crippen molar-refractivity contribution in [3.63, 3.8) is 0 Å². The molecule has 0 radical (unpaired) electrons. The zero-order valence-corrected chi connectivity index (χ0v) is 7.67. The molecule has 3 heterocycles. The standard InChI is InChI=1S/C8H5NOS2/c9-6-3-5-8(12-6)7-4(10-5)1-2-11-7/h1-3H,9H2. The highest BCUT2D eigenvalue weighted by atomic mass is 32.1. The molecule has 0 bridgehead atoms. The van der Waals surface area contributed by atoms with Crippen LogP contribution in [-0.4, -0.2) is 0 Å². The zero-order chi connectivity index (χ0) is 8.13. The van der Waals surface area contributed by atoms with Gasteiger partial charge >= 0.3 is 0 Å². The van der Waals surface area contributed by atoms with Crippen LogP contribution in [0.3, 0.4) is 0 Å². The molecule has 0 saturated heterocycles. The van der Waals surface area contributed by atoms with Crippen LogP contribution in [0.25, 0.3) is 20.6 Å². The molecule has 0 aliphatic rings. The molecule has 0 aliphatic heterocycles. The van der Waals surface area contributed by atoms with Gasteiger partial charge in [0.15, 0.2) is 0 Å². The summed E-state index contributed by atoms with van der Waals surface area (Å²) >= 11 is 3.29. The molecule has 0 atom stereocenters. The third kappa shape index (κ3) is 0.685. The van der Waals surface area contributed by atoms with Gasteiger partial charge in [-0.3, -0.25) is 0 Å². The molecular formula is C8H5NOS2. The summed E-state index contributed by atoms with van der Waals surface area (Å²) in [7, 11) is 0. The van der Waals surface area contributed by atoms with Gasteiger partial charge in [0.2, 0.25) is 0 Å². The van der Waals surface area contributed by atoms with E-state index in [-0.39, 0.29) is 0 Å². The van der Waals surface area contributed by atoms with E-state index in [1.165, 1.54) is 9.40 Å². The summed E-state index contributed by atoms with van der Waals surface area (Å²) in [5.74, 6) is 0. The van der Waals surface area contributed by atoms with Gasteiger partial charge < -0.3 is 10.2 Å². The summed E-state index contributed by atoms with van der Waals surface area (Å²) in [5, 5.41) is 2.85. The lowest BCUT2D eigenvalue weighted by molar-refractivity contribution is 0.671. The summed E-state index contributed by atoms with van der Waals surface area (Å²) in [5.41, 5.74) is 7.55. The first kappa shape index (κ1) is 6.51. The van der Waals surface area contributed by atoms with E-state index in [2.05, 4.69) is 0 Å². The van der Waals surface area contributed by atoms with Crippen molar-refractivity contribution >= 4 is 48.2 Å². The van der Waals surface area contributed by atoms with E-state index in [4.69, 9.17) is 10.2 Å². The third-order valence-corrected chi connectivity index (χ3v) is 3.78.